The molecule has 7 nitrogen and oxygen atoms in total. The summed E-state index contributed by atoms with van der Waals surface area (Å²) in [5.74, 6) is 0.823. The molecule has 4 heterocycles. The van der Waals surface area contributed by atoms with Crippen LogP contribution >= 0.6 is 0 Å². The lowest BCUT2D eigenvalue weighted by atomic mass is 10.0. The zero-order chi connectivity index (χ0) is 18.2. The molecule has 0 saturated carbocycles. The van der Waals surface area contributed by atoms with Crippen LogP contribution in [0.4, 0.5) is 5.82 Å². The Labute approximate surface area is 155 Å². The van der Waals surface area contributed by atoms with E-state index in [0.717, 1.165) is 59.4 Å². The standard InChI is InChI=1S/C20H20N6O/c27-20-15-4-2-1-3-13(15)18(25-26-20)16-11-17(23-12-5-8-21-9-6-12)24-19-14(16)7-10-22-19/h1-4,7,10-12,21H,5-6,8-9H2,(H,26,27)(H2,22,23,24). The van der Waals surface area contributed by atoms with Gasteiger partial charge in [-0.2, -0.15) is 5.10 Å². The minimum absolute atomic E-state index is 0.179. The number of aromatic nitrogens is 4. The first-order valence-corrected chi connectivity index (χ1v) is 9.23. The Morgan fingerprint density at radius 3 is 2.70 bits per heavy atom. The number of H-pyrrole nitrogens is 2. The van der Waals surface area contributed by atoms with Crippen molar-refractivity contribution in [2.75, 3.05) is 18.4 Å². The third-order valence-electron chi connectivity index (χ3n) is 5.17. The Morgan fingerprint density at radius 2 is 1.85 bits per heavy atom. The second-order valence-corrected chi connectivity index (χ2v) is 6.91. The van der Waals surface area contributed by atoms with Crippen LogP contribution in [0.5, 0.6) is 0 Å². The molecule has 5 rings (SSSR count). The monoisotopic (exact) mass is 360 g/mol. The smallest absolute Gasteiger partial charge is 0.272 e. The first kappa shape index (κ1) is 16.0. The first-order chi connectivity index (χ1) is 13.3. The van der Waals surface area contributed by atoms with Crippen molar-refractivity contribution in [1.82, 2.24) is 25.5 Å². The maximum absolute atomic E-state index is 12.2. The number of rotatable bonds is 3. The highest BCUT2D eigenvalue weighted by Crippen LogP contribution is 2.32. The Morgan fingerprint density at radius 1 is 1.04 bits per heavy atom. The van der Waals surface area contributed by atoms with Crippen LogP contribution in [0.1, 0.15) is 12.8 Å². The summed E-state index contributed by atoms with van der Waals surface area (Å²) in [6.07, 6.45) is 4.02. The van der Waals surface area contributed by atoms with Crippen molar-refractivity contribution in [2.45, 2.75) is 18.9 Å². The molecule has 1 aromatic carbocycles. The molecule has 0 bridgehead atoms. The average Bonchev–Trinajstić information content (AvgIpc) is 3.18. The summed E-state index contributed by atoms with van der Waals surface area (Å²) in [5, 5.41) is 16.4. The highest BCUT2D eigenvalue weighted by molar-refractivity contribution is 6.02. The highest BCUT2D eigenvalue weighted by Gasteiger charge is 2.17. The van der Waals surface area contributed by atoms with Crippen molar-refractivity contribution in [3.05, 3.63) is 52.9 Å². The van der Waals surface area contributed by atoms with E-state index in [1.54, 1.807) is 0 Å². The normalized spacial score (nSPS) is 15.4. The molecule has 1 aliphatic heterocycles. The van der Waals surface area contributed by atoms with Gasteiger partial charge in [-0.15, -0.1) is 0 Å². The van der Waals surface area contributed by atoms with Gasteiger partial charge >= 0.3 is 0 Å². The molecule has 1 saturated heterocycles. The maximum Gasteiger partial charge on any atom is 0.272 e. The van der Waals surface area contributed by atoms with Gasteiger partial charge in [-0.1, -0.05) is 18.2 Å². The molecule has 136 valence electrons. The Hall–Kier alpha value is -3.19. The number of piperidine rings is 1. The number of nitrogens with one attached hydrogen (secondary N) is 4. The van der Waals surface area contributed by atoms with Crippen LogP contribution in [0.25, 0.3) is 33.1 Å². The summed E-state index contributed by atoms with van der Waals surface area (Å²) in [6, 6.07) is 12.0. The Kier molecular flexibility index (Phi) is 3.86. The number of benzene rings is 1. The van der Waals surface area contributed by atoms with Crippen molar-refractivity contribution in [1.29, 1.82) is 0 Å². The third kappa shape index (κ3) is 2.86. The fourth-order valence-corrected chi connectivity index (χ4v) is 3.80. The number of hydrogen-bond donors (Lipinski definition) is 4. The topological polar surface area (TPSA) is 98.5 Å². The van der Waals surface area contributed by atoms with Crippen LogP contribution in [0, 0.1) is 0 Å². The second-order valence-electron chi connectivity index (χ2n) is 6.91. The lowest BCUT2D eigenvalue weighted by Gasteiger charge is -2.24. The molecule has 0 aliphatic carbocycles. The molecular weight excluding hydrogens is 340 g/mol. The molecule has 4 N–H and O–H groups in total. The molecule has 0 unspecified atom stereocenters. The fraction of sp³-hybridized carbons (Fsp3) is 0.250. The van der Waals surface area contributed by atoms with Crippen LogP contribution in [-0.4, -0.2) is 39.3 Å². The van der Waals surface area contributed by atoms with Gasteiger partial charge in [0.25, 0.3) is 5.56 Å². The van der Waals surface area contributed by atoms with Crippen molar-refractivity contribution in [2.24, 2.45) is 0 Å². The van der Waals surface area contributed by atoms with Gasteiger partial charge < -0.3 is 15.6 Å². The Balaban J connectivity index is 1.68. The van der Waals surface area contributed by atoms with E-state index in [1.807, 2.05) is 42.6 Å². The molecule has 0 amide bonds. The summed E-state index contributed by atoms with van der Waals surface area (Å²) in [4.78, 5) is 20.1. The molecule has 1 fully saturated rings. The molecule has 7 heteroatoms. The lowest BCUT2D eigenvalue weighted by Crippen LogP contribution is -2.35. The zero-order valence-electron chi connectivity index (χ0n) is 14.7. The average molecular weight is 360 g/mol. The number of anilines is 1. The van der Waals surface area contributed by atoms with Crippen molar-refractivity contribution in [3.63, 3.8) is 0 Å². The van der Waals surface area contributed by atoms with E-state index in [4.69, 9.17) is 4.98 Å². The quantitative estimate of drug-likeness (QED) is 0.450. The van der Waals surface area contributed by atoms with Gasteiger partial charge in [0.1, 0.15) is 11.5 Å². The molecule has 27 heavy (non-hydrogen) atoms. The number of fused-ring (bicyclic) bond motifs is 2. The number of pyridine rings is 1. The van der Waals surface area contributed by atoms with Gasteiger partial charge in [0.15, 0.2) is 0 Å². The summed E-state index contributed by atoms with van der Waals surface area (Å²) in [5.41, 5.74) is 2.33. The van der Waals surface area contributed by atoms with E-state index in [9.17, 15) is 4.79 Å². The molecule has 0 atom stereocenters. The number of aromatic amines is 2. The first-order valence-electron chi connectivity index (χ1n) is 9.23. The van der Waals surface area contributed by atoms with E-state index in [0.29, 0.717) is 11.4 Å². The minimum atomic E-state index is -0.179. The minimum Gasteiger partial charge on any atom is -0.367 e. The third-order valence-corrected chi connectivity index (χ3v) is 5.17. The number of hydrogen-bond acceptors (Lipinski definition) is 5. The van der Waals surface area contributed by atoms with Gasteiger partial charge in [-0.3, -0.25) is 4.79 Å². The van der Waals surface area contributed by atoms with Crippen LogP contribution in [-0.2, 0) is 0 Å². The summed E-state index contributed by atoms with van der Waals surface area (Å²) < 4.78 is 0. The van der Waals surface area contributed by atoms with Crippen LogP contribution in [0.2, 0.25) is 0 Å². The van der Waals surface area contributed by atoms with E-state index in [-0.39, 0.29) is 5.56 Å². The fourth-order valence-electron chi connectivity index (χ4n) is 3.80. The zero-order valence-corrected chi connectivity index (χ0v) is 14.7. The van der Waals surface area contributed by atoms with Gasteiger partial charge in [0, 0.05) is 28.6 Å². The van der Waals surface area contributed by atoms with Crippen LogP contribution in [0.3, 0.4) is 0 Å². The molecule has 3 aromatic heterocycles. The molecule has 1 aliphatic rings. The largest absolute Gasteiger partial charge is 0.367 e. The second kappa shape index (κ2) is 6.51. The van der Waals surface area contributed by atoms with Gasteiger partial charge in [-0.05, 0) is 44.1 Å². The summed E-state index contributed by atoms with van der Waals surface area (Å²) >= 11 is 0. The van der Waals surface area contributed by atoms with Crippen LogP contribution < -0.4 is 16.2 Å². The van der Waals surface area contributed by atoms with Crippen LogP contribution in [0.15, 0.2) is 47.4 Å². The molecular formula is C20H20N6O. The number of nitrogens with zero attached hydrogens (tertiary/aromatic N) is 2. The molecule has 0 radical (unpaired) electrons. The maximum atomic E-state index is 12.2. The van der Waals surface area contributed by atoms with E-state index in [1.165, 1.54) is 0 Å². The Bertz CT molecular complexity index is 1170. The predicted molar refractivity (Wildman–Crippen MR) is 107 cm³/mol. The van der Waals surface area contributed by atoms with Crippen molar-refractivity contribution in [3.8, 4) is 11.3 Å². The van der Waals surface area contributed by atoms with Crippen molar-refractivity contribution >= 4 is 27.6 Å². The lowest BCUT2D eigenvalue weighted by molar-refractivity contribution is 0.478. The van der Waals surface area contributed by atoms with Gasteiger partial charge in [0.2, 0.25) is 0 Å². The summed E-state index contributed by atoms with van der Waals surface area (Å²) in [7, 11) is 0. The SMILES string of the molecule is O=c1[nH]nc(-c2cc(NC3CCNCC3)nc3[nH]ccc23)c2ccccc12. The molecule has 4 aromatic rings. The predicted octanol–water partition coefficient (Wildman–Crippen LogP) is 2.63. The van der Waals surface area contributed by atoms with E-state index in [2.05, 4.69) is 25.8 Å². The molecule has 0 spiro atoms. The van der Waals surface area contributed by atoms with Gasteiger partial charge in [-0.25, -0.2) is 10.1 Å². The van der Waals surface area contributed by atoms with E-state index >= 15 is 0 Å². The highest BCUT2D eigenvalue weighted by atomic mass is 16.1. The van der Waals surface area contributed by atoms with Gasteiger partial charge in [0.05, 0.1) is 11.1 Å². The van der Waals surface area contributed by atoms with E-state index < -0.39 is 0 Å². The summed E-state index contributed by atoms with van der Waals surface area (Å²) in [6.45, 7) is 2.03. The van der Waals surface area contributed by atoms with Crippen molar-refractivity contribution < 1.29 is 0 Å².